The third-order valence-electron chi connectivity index (χ3n) is 3.25. The summed E-state index contributed by atoms with van der Waals surface area (Å²) in [6.07, 6.45) is 14.7. The van der Waals surface area contributed by atoms with E-state index in [2.05, 4.69) is 5.16 Å². The Morgan fingerprint density at radius 1 is 0.812 bits per heavy atom. The van der Waals surface area contributed by atoms with E-state index < -0.39 is 0 Å². The quantitative estimate of drug-likeness (QED) is 0.625. The molecule has 0 heterocycles. The number of rotatable bonds is 2. The third-order valence-corrected chi connectivity index (χ3v) is 3.25. The van der Waals surface area contributed by atoms with Gasteiger partial charge in [-0.25, -0.2) is 0 Å². The number of oxime groups is 1. The first kappa shape index (κ1) is 13.5. The number of nitrogens with zero attached hydrogens (tertiary/aromatic N) is 1. The average Bonchev–Trinajstić information content (AvgIpc) is 2.28. The van der Waals surface area contributed by atoms with Crippen LogP contribution in [0, 0.1) is 0 Å². The molecule has 1 fully saturated rings. The van der Waals surface area contributed by atoms with Gasteiger partial charge in [0.1, 0.15) is 6.61 Å². The zero-order valence-electron chi connectivity index (χ0n) is 10.8. The van der Waals surface area contributed by atoms with E-state index in [9.17, 15) is 0 Å². The Labute approximate surface area is 100 Å². The summed E-state index contributed by atoms with van der Waals surface area (Å²) < 4.78 is 0. The lowest BCUT2D eigenvalue weighted by molar-refractivity contribution is 0.157. The minimum atomic E-state index is 0.698. The Kier molecular flexibility index (Phi) is 8.19. The molecule has 16 heavy (non-hydrogen) atoms. The van der Waals surface area contributed by atoms with Gasteiger partial charge in [-0.2, -0.15) is 0 Å². The second kappa shape index (κ2) is 9.68. The molecule has 0 amide bonds. The summed E-state index contributed by atoms with van der Waals surface area (Å²) >= 11 is 0. The van der Waals surface area contributed by atoms with Crippen LogP contribution in [0.5, 0.6) is 0 Å². The highest BCUT2D eigenvalue weighted by Crippen LogP contribution is 2.15. The van der Waals surface area contributed by atoms with E-state index in [0.29, 0.717) is 6.61 Å². The summed E-state index contributed by atoms with van der Waals surface area (Å²) in [5.74, 6) is 0. The van der Waals surface area contributed by atoms with E-state index in [4.69, 9.17) is 4.84 Å². The molecule has 1 rings (SSSR count). The fraction of sp³-hybridized carbons (Fsp3) is 0.929. The molecule has 1 saturated carbocycles. The predicted molar refractivity (Wildman–Crippen MR) is 69.8 cm³/mol. The van der Waals surface area contributed by atoms with Crippen molar-refractivity contribution in [1.82, 2.24) is 0 Å². The molecular weight excluding hydrogens is 198 g/mol. The zero-order chi connectivity index (χ0) is 11.5. The fourth-order valence-corrected chi connectivity index (χ4v) is 2.27. The molecule has 0 aromatic heterocycles. The van der Waals surface area contributed by atoms with Crippen LogP contribution in [-0.2, 0) is 4.84 Å². The molecule has 1 aliphatic carbocycles. The molecule has 2 heteroatoms. The lowest BCUT2D eigenvalue weighted by Gasteiger charge is -2.08. The highest BCUT2D eigenvalue weighted by molar-refractivity contribution is 5.83. The van der Waals surface area contributed by atoms with E-state index in [0.717, 1.165) is 12.8 Å². The monoisotopic (exact) mass is 225 g/mol. The van der Waals surface area contributed by atoms with Crippen molar-refractivity contribution in [2.24, 2.45) is 5.16 Å². The van der Waals surface area contributed by atoms with Gasteiger partial charge in [0.15, 0.2) is 0 Å². The Balaban J connectivity index is 2.30. The normalized spacial score (nSPS) is 20.7. The van der Waals surface area contributed by atoms with Gasteiger partial charge < -0.3 is 4.84 Å². The smallest absolute Gasteiger partial charge is 0.114 e. The molecule has 0 aliphatic heterocycles. The van der Waals surface area contributed by atoms with Gasteiger partial charge in [0.25, 0.3) is 0 Å². The molecule has 0 N–H and O–H groups in total. The second-order valence-corrected chi connectivity index (χ2v) is 4.76. The van der Waals surface area contributed by atoms with Crippen LogP contribution in [0.3, 0.4) is 0 Å². The van der Waals surface area contributed by atoms with Crippen molar-refractivity contribution in [3.05, 3.63) is 0 Å². The number of hydrogen-bond acceptors (Lipinski definition) is 2. The van der Waals surface area contributed by atoms with Crippen molar-refractivity contribution in [2.45, 2.75) is 77.6 Å². The Hall–Kier alpha value is -0.530. The summed E-state index contributed by atoms with van der Waals surface area (Å²) in [6, 6.07) is 0. The van der Waals surface area contributed by atoms with Crippen LogP contribution in [0.25, 0.3) is 0 Å². The van der Waals surface area contributed by atoms with E-state index in [-0.39, 0.29) is 0 Å². The molecule has 0 atom stereocenters. The molecule has 0 spiro atoms. The van der Waals surface area contributed by atoms with Gasteiger partial charge in [-0.3, -0.25) is 0 Å². The number of hydrogen-bond donors (Lipinski definition) is 0. The minimum absolute atomic E-state index is 0.698. The summed E-state index contributed by atoms with van der Waals surface area (Å²) in [5.41, 5.74) is 1.29. The fourth-order valence-electron chi connectivity index (χ4n) is 2.27. The van der Waals surface area contributed by atoms with Crippen LogP contribution in [0.1, 0.15) is 77.6 Å². The van der Waals surface area contributed by atoms with Crippen molar-refractivity contribution >= 4 is 5.71 Å². The third kappa shape index (κ3) is 6.86. The minimum Gasteiger partial charge on any atom is -0.396 e. The lowest BCUT2D eigenvalue weighted by Crippen LogP contribution is -2.01. The van der Waals surface area contributed by atoms with Gasteiger partial charge in [-0.15, -0.1) is 0 Å². The maximum absolute atomic E-state index is 5.19. The lowest BCUT2D eigenvalue weighted by atomic mass is 10.00. The highest BCUT2D eigenvalue weighted by Gasteiger charge is 2.03. The maximum Gasteiger partial charge on any atom is 0.114 e. The molecule has 0 aromatic carbocycles. The van der Waals surface area contributed by atoms with Crippen molar-refractivity contribution in [2.75, 3.05) is 6.61 Å². The molecule has 94 valence electrons. The molecular formula is C14H27NO. The average molecular weight is 225 g/mol. The molecule has 0 aromatic rings. The SMILES string of the molecule is CCON=C1CCCCCCCCCCC1. The van der Waals surface area contributed by atoms with Gasteiger partial charge in [-0.05, 0) is 32.6 Å². The van der Waals surface area contributed by atoms with E-state index in [1.165, 1.54) is 63.5 Å². The van der Waals surface area contributed by atoms with Crippen molar-refractivity contribution in [1.29, 1.82) is 0 Å². The summed E-state index contributed by atoms with van der Waals surface area (Å²) in [6.45, 7) is 2.70. The van der Waals surface area contributed by atoms with Crippen LogP contribution in [0.4, 0.5) is 0 Å². The summed E-state index contributed by atoms with van der Waals surface area (Å²) in [4.78, 5) is 5.19. The first-order valence-electron chi connectivity index (χ1n) is 7.11. The van der Waals surface area contributed by atoms with Crippen LogP contribution in [0.15, 0.2) is 5.16 Å². The molecule has 0 radical (unpaired) electrons. The zero-order valence-corrected chi connectivity index (χ0v) is 10.8. The largest absolute Gasteiger partial charge is 0.396 e. The summed E-state index contributed by atoms with van der Waals surface area (Å²) in [7, 11) is 0. The van der Waals surface area contributed by atoms with Crippen molar-refractivity contribution < 1.29 is 4.84 Å². The van der Waals surface area contributed by atoms with Gasteiger partial charge in [0.05, 0.1) is 5.71 Å². The summed E-state index contributed by atoms with van der Waals surface area (Å²) in [5, 5.41) is 4.25. The van der Waals surface area contributed by atoms with E-state index in [1.54, 1.807) is 0 Å². The van der Waals surface area contributed by atoms with Crippen LogP contribution >= 0.6 is 0 Å². The molecule has 0 saturated heterocycles. The standard InChI is InChI=1S/C14H27NO/c1-2-16-15-14-12-10-8-6-4-3-5-7-9-11-13-14/h2-13H2,1H3. The predicted octanol–water partition coefficient (Wildman–Crippen LogP) is 4.68. The van der Waals surface area contributed by atoms with Gasteiger partial charge >= 0.3 is 0 Å². The van der Waals surface area contributed by atoms with Crippen molar-refractivity contribution in [3.63, 3.8) is 0 Å². The van der Waals surface area contributed by atoms with Gasteiger partial charge in [0.2, 0.25) is 0 Å². The Morgan fingerprint density at radius 3 is 1.69 bits per heavy atom. The van der Waals surface area contributed by atoms with Crippen LogP contribution in [-0.4, -0.2) is 12.3 Å². The Bertz CT molecular complexity index is 175. The first-order chi connectivity index (χ1) is 7.93. The van der Waals surface area contributed by atoms with Crippen LogP contribution in [0.2, 0.25) is 0 Å². The topological polar surface area (TPSA) is 21.6 Å². The van der Waals surface area contributed by atoms with Crippen LogP contribution < -0.4 is 0 Å². The molecule has 2 nitrogen and oxygen atoms in total. The second-order valence-electron chi connectivity index (χ2n) is 4.76. The molecule has 0 bridgehead atoms. The highest BCUT2D eigenvalue weighted by atomic mass is 16.6. The maximum atomic E-state index is 5.19. The van der Waals surface area contributed by atoms with E-state index >= 15 is 0 Å². The van der Waals surface area contributed by atoms with Gasteiger partial charge in [-0.1, -0.05) is 50.1 Å². The Morgan fingerprint density at radius 2 is 1.25 bits per heavy atom. The molecule has 1 aliphatic rings. The van der Waals surface area contributed by atoms with Crippen molar-refractivity contribution in [3.8, 4) is 0 Å². The van der Waals surface area contributed by atoms with E-state index in [1.807, 2.05) is 6.92 Å². The first-order valence-corrected chi connectivity index (χ1v) is 7.11. The molecule has 0 unspecified atom stereocenters. The van der Waals surface area contributed by atoms with Gasteiger partial charge in [0, 0.05) is 0 Å².